The number of hydrogen-bond acceptors (Lipinski definition) is 4. The maximum absolute atomic E-state index is 12.8. The van der Waals surface area contributed by atoms with Gasteiger partial charge in [0, 0.05) is 5.56 Å². The molecular weight excluding hydrogens is 387 g/mol. The highest BCUT2D eigenvalue weighted by molar-refractivity contribution is 6.33. The summed E-state index contributed by atoms with van der Waals surface area (Å²) in [6.07, 6.45) is 1.40. The first kappa shape index (κ1) is 19.3. The lowest BCUT2D eigenvalue weighted by atomic mass is 10.1. The number of halogens is 2. The fourth-order valence-corrected chi connectivity index (χ4v) is 2.68. The van der Waals surface area contributed by atoms with Gasteiger partial charge in [-0.15, -0.1) is 0 Å². The molecule has 0 atom stereocenters. The molecule has 0 saturated heterocycles. The predicted octanol–water partition coefficient (Wildman–Crippen LogP) is 4.13. The molecule has 1 amide bonds. The SMILES string of the molecule is O=C(Cc1ccc(F)cc1)N/N=C/c1ccc(-c2ccc(C(=O)O)c(Cl)c2)o1. The van der Waals surface area contributed by atoms with E-state index in [0.29, 0.717) is 22.6 Å². The van der Waals surface area contributed by atoms with Gasteiger partial charge in [0.25, 0.3) is 0 Å². The van der Waals surface area contributed by atoms with Crippen LogP contribution in [0.25, 0.3) is 11.3 Å². The van der Waals surface area contributed by atoms with Crippen LogP contribution < -0.4 is 5.43 Å². The Labute approximate surface area is 164 Å². The van der Waals surface area contributed by atoms with Crippen molar-refractivity contribution in [3.05, 3.63) is 82.3 Å². The Morgan fingerprint density at radius 2 is 1.89 bits per heavy atom. The average molecular weight is 401 g/mol. The van der Waals surface area contributed by atoms with Crippen LogP contribution in [0, 0.1) is 5.82 Å². The molecule has 0 aliphatic heterocycles. The number of rotatable bonds is 6. The number of furan rings is 1. The van der Waals surface area contributed by atoms with Crippen molar-refractivity contribution in [1.29, 1.82) is 0 Å². The molecule has 28 heavy (non-hydrogen) atoms. The molecule has 3 aromatic rings. The number of aromatic carboxylic acids is 1. The zero-order valence-corrected chi connectivity index (χ0v) is 15.1. The molecule has 0 bridgehead atoms. The van der Waals surface area contributed by atoms with Crippen molar-refractivity contribution in [3.63, 3.8) is 0 Å². The molecule has 3 rings (SSSR count). The second-order valence-corrected chi connectivity index (χ2v) is 6.21. The zero-order valence-electron chi connectivity index (χ0n) is 14.4. The topological polar surface area (TPSA) is 91.9 Å². The van der Waals surface area contributed by atoms with Gasteiger partial charge in [0.15, 0.2) is 0 Å². The summed E-state index contributed by atoms with van der Waals surface area (Å²) in [6, 6.07) is 13.4. The molecule has 1 aromatic heterocycles. The minimum atomic E-state index is -1.11. The smallest absolute Gasteiger partial charge is 0.337 e. The minimum absolute atomic E-state index is 0.00243. The second kappa shape index (κ2) is 8.49. The van der Waals surface area contributed by atoms with E-state index in [2.05, 4.69) is 10.5 Å². The van der Waals surface area contributed by atoms with Gasteiger partial charge in [-0.2, -0.15) is 5.10 Å². The summed E-state index contributed by atoms with van der Waals surface area (Å²) in [4.78, 5) is 22.8. The molecule has 0 saturated carbocycles. The Kier molecular flexibility index (Phi) is 5.86. The van der Waals surface area contributed by atoms with Crippen molar-refractivity contribution in [2.45, 2.75) is 6.42 Å². The van der Waals surface area contributed by atoms with Crippen LogP contribution in [0.3, 0.4) is 0 Å². The van der Waals surface area contributed by atoms with Gasteiger partial charge < -0.3 is 9.52 Å². The summed E-state index contributed by atoms with van der Waals surface area (Å²) in [6.45, 7) is 0. The van der Waals surface area contributed by atoms with Crippen LogP contribution >= 0.6 is 11.6 Å². The Morgan fingerprint density at radius 1 is 1.14 bits per heavy atom. The summed E-state index contributed by atoms with van der Waals surface area (Å²) in [5, 5.41) is 12.9. The van der Waals surface area contributed by atoms with E-state index >= 15 is 0 Å². The Morgan fingerprint density at radius 3 is 2.57 bits per heavy atom. The number of carboxylic acids is 1. The van der Waals surface area contributed by atoms with Crippen molar-refractivity contribution >= 4 is 29.7 Å². The van der Waals surface area contributed by atoms with Crippen LogP contribution in [0.2, 0.25) is 5.02 Å². The highest BCUT2D eigenvalue weighted by Crippen LogP contribution is 2.27. The van der Waals surface area contributed by atoms with Crippen LogP contribution in [-0.2, 0) is 11.2 Å². The van der Waals surface area contributed by atoms with E-state index < -0.39 is 5.97 Å². The first-order chi connectivity index (χ1) is 13.4. The van der Waals surface area contributed by atoms with Crippen molar-refractivity contribution in [1.82, 2.24) is 5.43 Å². The van der Waals surface area contributed by atoms with E-state index in [9.17, 15) is 14.0 Å². The van der Waals surface area contributed by atoms with Crippen molar-refractivity contribution in [2.75, 3.05) is 0 Å². The fraction of sp³-hybridized carbons (Fsp3) is 0.0500. The number of carbonyl (C=O) groups is 2. The standard InChI is InChI=1S/C20H14ClFN2O4/c21-17-10-13(3-7-16(17)20(26)27)18-8-6-15(28-18)11-23-24-19(25)9-12-1-4-14(22)5-2-12/h1-8,10-11H,9H2,(H,24,25)(H,26,27)/b23-11+. The first-order valence-electron chi connectivity index (χ1n) is 8.12. The number of nitrogens with one attached hydrogen (secondary N) is 1. The second-order valence-electron chi connectivity index (χ2n) is 5.80. The molecule has 6 nitrogen and oxygen atoms in total. The lowest BCUT2D eigenvalue weighted by molar-refractivity contribution is -0.120. The van der Waals surface area contributed by atoms with Gasteiger partial charge in [-0.1, -0.05) is 29.8 Å². The third-order valence-electron chi connectivity index (χ3n) is 3.77. The summed E-state index contributed by atoms with van der Waals surface area (Å²) in [5.74, 6) is -0.978. The Balaban J connectivity index is 1.61. The van der Waals surface area contributed by atoms with Crippen molar-refractivity contribution in [3.8, 4) is 11.3 Å². The van der Waals surface area contributed by atoms with E-state index in [4.69, 9.17) is 21.1 Å². The molecule has 0 spiro atoms. The number of carboxylic acid groups (broad SMARTS) is 1. The molecule has 0 aliphatic carbocycles. The largest absolute Gasteiger partial charge is 0.478 e. The molecule has 0 unspecified atom stereocenters. The van der Waals surface area contributed by atoms with E-state index in [-0.39, 0.29) is 28.7 Å². The fourth-order valence-electron chi connectivity index (χ4n) is 2.41. The molecule has 2 N–H and O–H groups in total. The van der Waals surface area contributed by atoms with Gasteiger partial charge in [-0.25, -0.2) is 14.6 Å². The summed E-state index contributed by atoms with van der Waals surface area (Å²) in [5.41, 5.74) is 3.63. The molecule has 8 heteroatoms. The molecule has 0 radical (unpaired) electrons. The van der Waals surface area contributed by atoms with Gasteiger partial charge in [0.1, 0.15) is 17.3 Å². The maximum Gasteiger partial charge on any atom is 0.337 e. The lowest BCUT2D eigenvalue weighted by Crippen LogP contribution is -2.19. The predicted molar refractivity (Wildman–Crippen MR) is 102 cm³/mol. The number of amides is 1. The van der Waals surface area contributed by atoms with Crippen LogP contribution in [0.4, 0.5) is 4.39 Å². The summed E-state index contributed by atoms with van der Waals surface area (Å²) in [7, 11) is 0. The number of hydrogen-bond donors (Lipinski definition) is 2. The third-order valence-corrected chi connectivity index (χ3v) is 4.08. The summed E-state index contributed by atoms with van der Waals surface area (Å²) >= 11 is 5.96. The van der Waals surface area contributed by atoms with Gasteiger partial charge in [-0.3, -0.25) is 4.79 Å². The van der Waals surface area contributed by atoms with E-state index in [1.165, 1.54) is 42.6 Å². The minimum Gasteiger partial charge on any atom is -0.478 e. The average Bonchev–Trinajstić information content (AvgIpc) is 3.12. The van der Waals surface area contributed by atoms with Gasteiger partial charge in [0.05, 0.1) is 23.2 Å². The van der Waals surface area contributed by atoms with Gasteiger partial charge in [0.2, 0.25) is 5.91 Å². The maximum atomic E-state index is 12.8. The molecule has 142 valence electrons. The van der Waals surface area contributed by atoms with Crippen molar-refractivity contribution in [2.24, 2.45) is 5.10 Å². The van der Waals surface area contributed by atoms with Crippen LogP contribution in [0.15, 0.2) is 64.1 Å². The third kappa shape index (κ3) is 4.83. The monoisotopic (exact) mass is 400 g/mol. The number of hydrazone groups is 1. The lowest BCUT2D eigenvalue weighted by Gasteiger charge is -2.01. The number of nitrogens with zero attached hydrogens (tertiary/aromatic N) is 1. The molecule has 0 aliphatic rings. The van der Waals surface area contributed by atoms with E-state index in [0.717, 1.165) is 0 Å². The van der Waals surface area contributed by atoms with Crippen LogP contribution in [0.1, 0.15) is 21.7 Å². The van der Waals surface area contributed by atoms with Crippen LogP contribution in [0.5, 0.6) is 0 Å². The van der Waals surface area contributed by atoms with E-state index in [1.807, 2.05) is 0 Å². The number of benzene rings is 2. The number of carbonyl (C=O) groups excluding carboxylic acids is 1. The molecule has 1 heterocycles. The van der Waals surface area contributed by atoms with Gasteiger partial charge >= 0.3 is 5.97 Å². The van der Waals surface area contributed by atoms with Crippen molar-refractivity contribution < 1.29 is 23.5 Å². The molecule has 0 fully saturated rings. The quantitative estimate of drug-likeness (QED) is 0.480. The Hall–Kier alpha value is -3.45. The normalized spacial score (nSPS) is 10.9. The van der Waals surface area contributed by atoms with Gasteiger partial charge in [-0.05, 0) is 42.0 Å². The zero-order chi connectivity index (χ0) is 20.1. The summed E-state index contributed by atoms with van der Waals surface area (Å²) < 4.78 is 18.4. The molecular formula is C20H14ClFN2O4. The highest BCUT2D eigenvalue weighted by atomic mass is 35.5. The van der Waals surface area contributed by atoms with E-state index in [1.54, 1.807) is 18.2 Å². The Bertz CT molecular complexity index is 1040. The molecule has 2 aromatic carbocycles. The first-order valence-corrected chi connectivity index (χ1v) is 8.49. The van der Waals surface area contributed by atoms with Crippen LogP contribution in [-0.4, -0.2) is 23.2 Å². The highest BCUT2D eigenvalue weighted by Gasteiger charge is 2.11.